The van der Waals surface area contributed by atoms with Crippen LogP contribution in [0.3, 0.4) is 0 Å². The van der Waals surface area contributed by atoms with Gasteiger partial charge in [0, 0.05) is 33.7 Å². The summed E-state index contributed by atoms with van der Waals surface area (Å²) in [5, 5.41) is 0. The molecule has 2 aliphatic rings. The fourth-order valence-corrected chi connectivity index (χ4v) is 11.2. The molecule has 0 bridgehead atoms. The lowest BCUT2D eigenvalue weighted by Gasteiger charge is -2.41. The maximum atomic E-state index is 2.46. The summed E-state index contributed by atoms with van der Waals surface area (Å²) < 4.78 is 0. The molecule has 0 N–H and O–H groups in total. The predicted molar refractivity (Wildman–Crippen MR) is 297 cm³/mol. The molecule has 0 saturated carbocycles. The number of fused-ring (bicyclic) bond motifs is 5. The minimum absolute atomic E-state index is 0.0891. The maximum absolute atomic E-state index is 2.46. The van der Waals surface area contributed by atoms with Gasteiger partial charge >= 0.3 is 0 Å². The van der Waals surface area contributed by atoms with Crippen molar-refractivity contribution in [2.45, 2.75) is 32.1 Å². The van der Waals surface area contributed by atoms with Crippen molar-refractivity contribution >= 4 is 63.3 Å². The second-order valence-electron chi connectivity index (χ2n) is 18.4. The van der Waals surface area contributed by atoms with Crippen molar-refractivity contribution in [3.05, 3.63) is 271 Å². The molecule has 10 aromatic carbocycles. The van der Waals surface area contributed by atoms with E-state index in [4.69, 9.17) is 0 Å². The van der Waals surface area contributed by atoms with Crippen LogP contribution < -0.4 is 14.7 Å². The van der Waals surface area contributed by atoms with E-state index in [1.165, 1.54) is 50.2 Å². The van der Waals surface area contributed by atoms with E-state index in [0.717, 1.165) is 69.5 Å². The number of para-hydroxylation sites is 7. The third kappa shape index (κ3) is 7.39. The Labute approximate surface area is 412 Å². The minimum atomic E-state index is -0.0891. The Bertz CT molecular complexity index is 3420. The quantitative estimate of drug-likeness (QED) is 0.120. The molecule has 10 aromatic rings. The SMILES string of the molecule is CCC1(CC)c2cc(/C=C/c3ccc(-c4ccc(-c5ccccc5)cc4N4c5ccccc5N(c5ccccc5)c5ccccc54)cc3)ccc2-c2ccc(N(c3ccccc3)c3ccccc3)cc21. The van der Waals surface area contributed by atoms with E-state index in [1.807, 2.05) is 0 Å². The van der Waals surface area contributed by atoms with Gasteiger partial charge in [-0.3, -0.25) is 0 Å². The van der Waals surface area contributed by atoms with Crippen LogP contribution in [-0.4, -0.2) is 0 Å². The number of rotatable bonds is 11. The van der Waals surface area contributed by atoms with Gasteiger partial charge in [-0.2, -0.15) is 0 Å². The van der Waals surface area contributed by atoms with Gasteiger partial charge in [0.1, 0.15) is 0 Å². The van der Waals surface area contributed by atoms with Gasteiger partial charge in [-0.25, -0.2) is 0 Å². The second-order valence-corrected chi connectivity index (χ2v) is 18.4. The van der Waals surface area contributed by atoms with Crippen LogP contribution in [0.15, 0.2) is 249 Å². The molecule has 0 unspecified atom stereocenters. The number of hydrogen-bond donors (Lipinski definition) is 0. The molecular weight excluding hydrogens is 847 g/mol. The first kappa shape index (κ1) is 42.7. The van der Waals surface area contributed by atoms with Gasteiger partial charge in [-0.15, -0.1) is 0 Å². The molecule has 70 heavy (non-hydrogen) atoms. The Morgan fingerprint density at radius 1 is 0.343 bits per heavy atom. The van der Waals surface area contributed by atoms with E-state index >= 15 is 0 Å². The summed E-state index contributed by atoms with van der Waals surface area (Å²) in [4.78, 5) is 7.22. The summed E-state index contributed by atoms with van der Waals surface area (Å²) in [6.07, 6.45) is 6.59. The first-order valence-electron chi connectivity index (χ1n) is 24.6. The molecular formula is C67H53N3. The molecule has 0 fully saturated rings. The zero-order valence-corrected chi connectivity index (χ0v) is 39.6. The average Bonchev–Trinajstić information content (AvgIpc) is 3.71. The standard InChI is InChI=1S/C67H53N3/c1-3-67(4-2)60-45-49(37-42-58(60)59-44-41-56(47-61(59)67)68(53-23-11-6-12-24-53)54-25-13-7-14-26-54)34-33-48-35-38-51(39-36-48)57-43-40-52(50-21-9-5-10-22-50)46-66(57)70-64-31-19-17-29-62(64)69(55-27-15-8-16-28-55)63-30-18-20-32-65(63)70/h5-47H,3-4H2,1-2H3/b34-33+. The van der Waals surface area contributed by atoms with Crippen LogP contribution in [0.4, 0.5) is 51.2 Å². The molecule has 1 aliphatic heterocycles. The predicted octanol–water partition coefficient (Wildman–Crippen LogP) is 19.0. The van der Waals surface area contributed by atoms with Crippen molar-refractivity contribution in [2.75, 3.05) is 14.7 Å². The highest BCUT2D eigenvalue weighted by atomic mass is 15.3. The lowest BCUT2D eigenvalue weighted by Crippen LogP contribution is -2.24. The van der Waals surface area contributed by atoms with Gasteiger partial charge in [0.2, 0.25) is 0 Å². The average molecular weight is 900 g/mol. The molecule has 0 saturated heterocycles. The number of hydrogen-bond acceptors (Lipinski definition) is 3. The van der Waals surface area contributed by atoms with Gasteiger partial charge in [0.05, 0.1) is 28.4 Å². The number of anilines is 9. The first-order valence-corrected chi connectivity index (χ1v) is 24.6. The topological polar surface area (TPSA) is 9.72 Å². The van der Waals surface area contributed by atoms with Gasteiger partial charge in [-0.1, -0.05) is 196 Å². The molecule has 0 radical (unpaired) electrons. The fourth-order valence-electron chi connectivity index (χ4n) is 11.2. The Balaban J connectivity index is 0.888. The van der Waals surface area contributed by atoms with Crippen molar-refractivity contribution in [1.29, 1.82) is 0 Å². The van der Waals surface area contributed by atoms with Crippen LogP contribution in [0.5, 0.6) is 0 Å². The lowest BCUT2D eigenvalue weighted by molar-refractivity contribution is 0.490. The van der Waals surface area contributed by atoms with Crippen LogP contribution >= 0.6 is 0 Å². The first-order chi connectivity index (χ1) is 34.6. The Morgan fingerprint density at radius 3 is 1.39 bits per heavy atom. The summed E-state index contributed by atoms with van der Waals surface area (Å²) in [6.45, 7) is 4.71. The highest BCUT2D eigenvalue weighted by molar-refractivity contribution is 6.04. The summed E-state index contributed by atoms with van der Waals surface area (Å²) >= 11 is 0. The largest absolute Gasteiger partial charge is 0.310 e. The Hall–Kier alpha value is -8.66. The van der Waals surface area contributed by atoms with Crippen LogP contribution in [0.2, 0.25) is 0 Å². The summed E-state index contributed by atoms with van der Waals surface area (Å²) in [5.41, 5.74) is 22.8. The van der Waals surface area contributed by atoms with E-state index < -0.39 is 0 Å². The summed E-state index contributed by atoms with van der Waals surface area (Å²) in [6, 6.07) is 90.6. The van der Waals surface area contributed by atoms with Crippen molar-refractivity contribution in [3.8, 4) is 33.4 Å². The normalized spacial score (nSPS) is 13.1. The van der Waals surface area contributed by atoms with Crippen LogP contribution in [0, 0.1) is 0 Å². The molecule has 336 valence electrons. The van der Waals surface area contributed by atoms with Crippen molar-refractivity contribution < 1.29 is 0 Å². The molecule has 1 aliphatic carbocycles. The number of nitrogens with zero attached hydrogens (tertiary/aromatic N) is 3. The smallest absolute Gasteiger partial charge is 0.0703 e. The molecule has 3 heteroatoms. The summed E-state index contributed by atoms with van der Waals surface area (Å²) in [7, 11) is 0. The van der Waals surface area contributed by atoms with Crippen LogP contribution in [0.25, 0.3) is 45.5 Å². The van der Waals surface area contributed by atoms with E-state index in [9.17, 15) is 0 Å². The molecule has 0 amide bonds. The van der Waals surface area contributed by atoms with Crippen molar-refractivity contribution in [2.24, 2.45) is 0 Å². The Morgan fingerprint density at radius 2 is 0.800 bits per heavy atom. The molecule has 0 atom stereocenters. The summed E-state index contributed by atoms with van der Waals surface area (Å²) in [5.74, 6) is 0. The monoisotopic (exact) mass is 899 g/mol. The van der Waals surface area contributed by atoms with Crippen LogP contribution in [0.1, 0.15) is 48.9 Å². The third-order valence-corrected chi connectivity index (χ3v) is 14.6. The highest BCUT2D eigenvalue weighted by Crippen LogP contribution is 2.57. The van der Waals surface area contributed by atoms with E-state index in [-0.39, 0.29) is 5.41 Å². The van der Waals surface area contributed by atoms with Gasteiger partial charge in [0.25, 0.3) is 0 Å². The second kappa shape index (κ2) is 18.1. The maximum Gasteiger partial charge on any atom is 0.0703 e. The Kier molecular flexibility index (Phi) is 11.0. The zero-order valence-electron chi connectivity index (χ0n) is 39.6. The number of benzene rings is 10. The minimum Gasteiger partial charge on any atom is -0.310 e. The lowest BCUT2D eigenvalue weighted by atomic mass is 9.73. The van der Waals surface area contributed by atoms with Crippen molar-refractivity contribution in [3.63, 3.8) is 0 Å². The fraction of sp³-hybridized carbons (Fsp3) is 0.0746. The molecule has 1 heterocycles. The molecule has 0 spiro atoms. The van der Waals surface area contributed by atoms with Crippen molar-refractivity contribution in [1.82, 2.24) is 0 Å². The highest BCUT2D eigenvalue weighted by Gasteiger charge is 2.41. The van der Waals surface area contributed by atoms with E-state index in [1.54, 1.807) is 0 Å². The van der Waals surface area contributed by atoms with Gasteiger partial charge in [-0.05, 0) is 142 Å². The third-order valence-electron chi connectivity index (χ3n) is 14.6. The molecule has 12 rings (SSSR count). The van der Waals surface area contributed by atoms with Crippen LogP contribution in [-0.2, 0) is 5.41 Å². The van der Waals surface area contributed by atoms with E-state index in [2.05, 4.69) is 289 Å². The van der Waals surface area contributed by atoms with Gasteiger partial charge < -0.3 is 14.7 Å². The molecule has 0 aromatic heterocycles. The van der Waals surface area contributed by atoms with Gasteiger partial charge in [0.15, 0.2) is 0 Å². The van der Waals surface area contributed by atoms with E-state index in [0.29, 0.717) is 0 Å². The zero-order chi connectivity index (χ0) is 47.0. The molecule has 3 nitrogen and oxygen atoms in total.